The number of ether oxygens (including phenoxy) is 1. The normalized spacial score (nSPS) is 19.7. The van der Waals surface area contributed by atoms with Crippen molar-refractivity contribution >= 4 is 17.3 Å². The maximum Gasteiger partial charge on any atom is 0.227 e. The Morgan fingerprint density at radius 2 is 1.96 bits per heavy atom. The Kier molecular flexibility index (Phi) is 6.16. The van der Waals surface area contributed by atoms with E-state index < -0.39 is 0 Å². The number of amides is 1. The zero-order valence-electron chi connectivity index (χ0n) is 16.7. The Hall–Kier alpha value is -2.34. The molecule has 1 aliphatic carbocycles. The van der Waals surface area contributed by atoms with Crippen molar-refractivity contribution in [3.63, 3.8) is 0 Å². The van der Waals surface area contributed by atoms with E-state index in [0.29, 0.717) is 6.61 Å². The molecule has 3 rings (SSSR count). The van der Waals surface area contributed by atoms with Gasteiger partial charge in [-0.15, -0.1) is 0 Å². The van der Waals surface area contributed by atoms with Gasteiger partial charge >= 0.3 is 0 Å². The fraction of sp³-hybridized carbons (Fsp3) is 0.524. The molecule has 1 N–H and O–H groups in total. The van der Waals surface area contributed by atoms with E-state index in [2.05, 4.69) is 17.3 Å². The zero-order valence-corrected chi connectivity index (χ0v) is 16.7. The number of nitrogens with one attached hydrogen (secondary N) is 1. The number of hydrogen-bond donors (Lipinski definition) is 1. The Labute approximate surface area is 161 Å². The first kappa shape index (κ1) is 19.4. The molecule has 1 heterocycles. The molecule has 146 valence electrons. The van der Waals surface area contributed by atoms with E-state index in [9.17, 15) is 4.79 Å². The number of carbonyl (C=O) groups is 1. The minimum Gasteiger partial charge on any atom is -0.376 e. The predicted octanol–water partition coefficient (Wildman–Crippen LogP) is 3.51. The topological polar surface area (TPSA) is 59.4 Å². The van der Waals surface area contributed by atoms with Crippen molar-refractivity contribution in [2.45, 2.75) is 45.3 Å². The number of hydrogen-bond acceptors (Lipinski definition) is 4. The van der Waals surface area contributed by atoms with E-state index in [-0.39, 0.29) is 17.9 Å². The molecule has 0 atom stereocenters. The maximum atomic E-state index is 12.7. The van der Waals surface area contributed by atoms with E-state index in [0.717, 1.165) is 48.3 Å². The third-order valence-corrected chi connectivity index (χ3v) is 5.41. The third-order valence-electron chi connectivity index (χ3n) is 5.41. The number of aryl methyl sites for hydroxylation is 2. The maximum absolute atomic E-state index is 12.7. The molecular weight excluding hydrogens is 340 g/mol. The van der Waals surface area contributed by atoms with Crippen molar-refractivity contribution in [1.29, 1.82) is 0 Å². The van der Waals surface area contributed by atoms with Gasteiger partial charge in [0.05, 0.1) is 36.0 Å². The van der Waals surface area contributed by atoms with E-state index in [1.807, 2.05) is 61.2 Å². The first-order valence-electron chi connectivity index (χ1n) is 9.62. The SMILES string of the molecule is Cc1cnn(C)c1COC1CCC(C(=O)Nc2ccccc2N(C)C)CC1. The molecule has 1 aromatic heterocycles. The second-order valence-electron chi connectivity index (χ2n) is 7.58. The third kappa shape index (κ3) is 4.69. The van der Waals surface area contributed by atoms with Crippen LogP contribution in [0.1, 0.15) is 36.9 Å². The highest BCUT2D eigenvalue weighted by Crippen LogP contribution is 2.30. The second kappa shape index (κ2) is 8.57. The second-order valence-corrected chi connectivity index (χ2v) is 7.58. The monoisotopic (exact) mass is 370 g/mol. The first-order chi connectivity index (χ1) is 13.0. The lowest BCUT2D eigenvalue weighted by molar-refractivity contribution is -0.121. The molecule has 0 saturated heterocycles. The molecule has 1 aliphatic rings. The summed E-state index contributed by atoms with van der Waals surface area (Å²) in [6.45, 7) is 2.64. The van der Waals surface area contributed by atoms with Crippen LogP contribution < -0.4 is 10.2 Å². The molecule has 1 amide bonds. The highest BCUT2D eigenvalue weighted by Gasteiger charge is 2.27. The minimum absolute atomic E-state index is 0.0542. The smallest absolute Gasteiger partial charge is 0.227 e. The summed E-state index contributed by atoms with van der Waals surface area (Å²) in [6, 6.07) is 7.91. The van der Waals surface area contributed by atoms with Crippen LogP contribution >= 0.6 is 0 Å². The lowest BCUT2D eigenvalue weighted by Gasteiger charge is -2.28. The van der Waals surface area contributed by atoms with E-state index in [1.165, 1.54) is 0 Å². The van der Waals surface area contributed by atoms with Crippen LogP contribution in [0, 0.1) is 12.8 Å². The largest absolute Gasteiger partial charge is 0.376 e. The lowest BCUT2D eigenvalue weighted by Crippen LogP contribution is -2.30. The molecule has 2 aromatic rings. The van der Waals surface area contributed by atoms with Gasteiger partial charge in [0.2, 0.25) is 5.91 Å². The van der Waals surface area contributed by atoms with E-state index in [1.54, 1.807) is 0 Å². The molecule has 6 heteroatoms. The van der Waals surface area contributed by atoms with Gasteiger partial charge in [-0.1, -0.05) is 12.1 Å². The van der Waals surface area contributed by atoms with Gasteiger partial charge in [-0.05, 0) is 50.3 Å². The number of para-hydroxylation sites is 2. The first-order valence-corrected chi connectivity index (χ1v) is 9.62. The van der Waals surface area contributed by atoms with Gasteiger partial charge in [0.25, 0.3) is 0 Å². The highest BCUT2D eigenvalue weighted by molar-refractivity contribution is 5.95. The van der Waals surface area contributed by atoms with Gasteiger partial charge in [0.1, 0.15) is 0 Å². The summed E-state index contributed by atoms with van der Waals surface area (Å²) in [5.74, 6) is 0.170. The van der Waals surface area contributed by atoms with Crippen LogP contribution in [0.25, 0.3) is 0 Å². The fourth-order valence-electron chi connectivity index (χ4n) is 3.67. The van der Waals surface area contributed by atoms with Crippen LogP contribution in [0.3, 0.4) is 0 Å². The summed E-state index contributed by atoms with van der Waals surface area (Å²) in [5.41, 5.74) is 4.17. The molecule has 0 spiro atoms. The molecule has 0 radical (unpaired) electrons. The van der Waals surface area contributed by atoms with Gasteiger partial charge < -0.3 is 15.0 Å². The average molecular weight is 370 g/mol. The minimum atomic E-state index is 0.0542. The van der Waals surface area contributed by atoms with Crippen molar-refractivity contribution < 1.29 is 9.53 Å². The number of benzene rings is 1. The Morgan fingerprint density at radius 1 is 1.26 bits per heavy atom. The molecule has 1 fully saturated rings. The quantitative estimate of drug-likeness (QED) is 0.845. The number of nitrogens with zero attached hydrogens (tertiary/aromatic N) is 3. The molecule has 1 aromatic carbocycles. The van der Waals surface area contributed by atoms with Crippen LogP contribution in [0.4, 0.5) is 11.4 Å². The highest BCUT2D eigenvalue weighted by atomic mass is 16.5. The summed E-state index contributed by atoms with van der Waals surface area (Å²) in [5, 5.41) is 7.37. The summed E-state index contributed by atoms with van der Waals surface area (Å²) < 4.78 is 7.96. The van der Waals surface area contributed by atoms with Crippen LogP contribution in [0.2, 0.25) is 0 Å². The molecule has 0 aliphatic heterocycles. The van der Waals surface area contributed by atoms with Crippen molar-refractivity contribution in [2.24, 2.45) is 13.0 Å². The predicted molar refractivity (Wildman–Crippen MR) is 108 cm³/mol. The zero-order chi connectivity index (χ0) is 19.4. The van der Waals surface area contributed by atoms with Crippen molar-refractivity contribution in [2.75, 3.05) is 24.3 Å². The average Bonchev–Trinajstić information content (AvgIpc) is 2.98. The van der Waals surface area contributed by atoms with Crippen LogP contribution in [0.5, 0.6) is 0 Å². The number of anilines is 2. The van der Waals surface area contributed by atoms with Gasteiger partial charge in [-0.25, -0.2) is 0 Å². The molecular formula is C21H30N4O2. The summed E-state index contributed by atoms with van der Waals surface area (Å²) in [6.07, 6.45) is 5.66. The van der Waals surface area contributed by atoms with Crippen LogP contribution in [0.15, 0.2) is 30.5 Å². The standard InChI is InChI=1S/C21H30N4O2/c1-15-13-22-25(4)20(15)14-27-17-11-9-16(10-12-17)21(26)23-18-7-5-6-8-19(18)24(2)3/h5-8,13,16-17H,9-12,14H2,1-4H3,(H,23,26). The van der Waals surface area contributed by atoms with Crippen LogP contribution in [-0.4, -0.2) is 35.9 Å². The molecule has 6 nitrogen and oxygen atoms in total. The van der Waals surface area contributed by atoms with Gasteiger partial charge in [-0.3, -0.25) is 9.48 Å². The number of aromatic nitrogens is 2. The van der Waals surface area contributed by atoms with Crippen LogP contribution in [-0.2, 0) is 23.2 Å². The van der Waals surface area contributed by atoms with E-state index >= 15 is 0 Å². The van der Waals surface area contributed by atoms with E-state index in [4.69, 9.17) is 4.74 Å². The summed E-state index contributed by atoms with van der Waals surface area (Å²) in [4.78, 5) is 14.7. The molecule has 0 unspecified atom stereocenters. The Bertz CT molecular complexity index is 757. The van der Waals surface area contributed by atoms with Crippen molar-refractivity contribution in [3.05, 3.63) is 41.7 Å². The fourth-order valence-corrected chi connectivity index (χ4v) is 3.67. The lowest BCUT2D eigenvalue weighted by atomic mass is 9.86. The summed E-state index contributed by atoms with van der Waals surface area (Å²) >= 11 is 0. The molecule has 1 saturated carbocycles. The molecule has 0 bridgehead atoms. The van der Waals surface area contributed by atoms with Crippen molar-refractivity contribution in [3.8, 4) is 0 Å². The van der Waals surface area contributed by atoms with Gasteiger partial charge in [0, 0.05) is 27.1 Å². The molecule has 27 heavy (non-hydrogen) atoms. The Balaban J connectivity index is 1.50. The number of carbonyl (C=O) groups excluding carboxylic acids is 1. The van der Waals surface area contributed by atoms with Gasteiger partial charge in [-0.2, -0.15) is 5.10 Å². The van der Waals surface area contributed by atoms with Crippen molar-refractivity contribution in [1.82, 2.24) is 9.78 Å². The van der Waals surface area contributed by atoms with Gasteiger partial charge in [0.15, 0.2) is 0 Å². The summed E-state index contributed by atoms with van der Waals surface area (Å²) in [7, 11) is 5.91. The Morgan fingerprint density at radius 3 is 2.59 bits per heavy atom. The number of rotatable bonds is 6.